The Balaban J connectivity index is 2.20. The molecule has 0 unspecified atom stereocenters. The Labute approximate surface area is 115 Å². The van der Waals surface area contributed by atoms with Crippen LogP contribution in [0.25, 0.3) is 6.08 Å². The topological polar surface area (TPSA) is 76.7 Å². The van der Waals surface area contributed by atoms with E-state index in [2.05, 4.69) is 4.74 Å². The molecule has 2 rings (SSSR count). The van der Waals surface area contributed by atoms with Gasteiger partial charge >= 0.3 is 5.97 Å². The largest absolute Gasteiger partial charge is 0.508 e. The number of aromatic hydroxyl groups is 1. The quantitative estimate of drug-likeness (QED) is 0.526. The molecule has 0 amide bonds. The fraction of sp³-hybridized carbons (Fsp3) is 0.0667. The van der Waals surface area contributed by atoms with Crippen LogP contribution in [0.15, 0.2) is 47.1 Å². The van der Waals surface area contributed by atoms with Crippen LogP contribution < -0.4 is 0 Å². The van der Waals surface area contributed by atoms with Gasteiger partial charge in [0.05, 0.1) is 13.4 Å². The number of carbonyl (C=O) groups is 2. The Hall–Kier alpha value is -2.82. The molecule has 1 aromatic heterocycles. The number of hydrogen-bond acceptors (Lipinski definition) is 5. The number of phenols is 1. The maximum absolute atomic E-state index is 11.9. The predicted octanol–water partition coefficient (Wildman–Crippen LogP) is 2.67. The molecule has 2 aromatic rings. The van der Waals surface area contributed by atoms with Gasteiger partial charge in [0.25, 0.3) is 0 Å². The third-order valence-electron chi connectivity index (χ3n) is 2.61. The SMILES string of the molecule is COC(=O)c1occc1/C=C/C(=O)c1cccc(O)c1. The van der Waals surface area contributed by atoms with E-state index in [4.69, 9.17) is 4.42 Å². The van der Waals surface area contributed by atoms with Crippen molar-refractivity contribution in [3.05, 3.63) is 59.6 Å². The van der Waals surface area contributed by atoms with Crippen LogP contribution >= 0.6 is 0 Å². The van der Waals surface area contributed by atoms with Crippen LogP contribution in [0.2, 0.25) is 0 Å². The maximum atomic E-state index is 11.9. The number of allylic oxidation sites excluding steroid dienone is 1. The summed E-state index contributed by atoms with van der Waals surface area (Å²) in [6.45, 7) is 0. The first-order chi connectivity index (χ1) is 9.61. The zero-order valence-electron chi connectivity index (χ0n) is 10.7. The number of carbonyl (C=O) groups excluding carboxylic acids is 2. The number of esters is 1. The van der Waals surface area contributed by atoms with E-state index >= 15 is 0 Å². The highest BCUT2D eigenvalue weighted by Gasteiger charge is 2.14. The van der Waals surface area contributed by atoms with Gasteiger partial charge in [-0.25, -0.2) is 4.79 Å². The van der Waals surface area contributed by atoms with Gasteiger partial charge in [0.15, 0.2) is 5.78 Å². The zero-order valence-corrected chi connectivity index (χ0v) is 10.7. The normalized spacial score (nSPS) is 10.7. The second-order valence-electron chi connectivity index (χ2n) is 3.94. The van der Waals surface area contributed by atoms with Crippen molar-refractivity contribution in [1.82, 2.24) is 0 Å². The molecule has 0 aliphatic carbocycles. The second kappa shape index (κ2) is 5.88. The highest BCUT2D eigenvalue weighted by atomic mass is 16.5. The minimum Gasteiger partial charge on any atom is -0.508 e. The molecule has 0 saturated carbocycles. The average Bonchev–Trinajstić information content (AvgIpc) is 2.92. The van der Waals surface area contributed by atoms with E-state index in [0.717, 1.165) is 0 Å². The minimum atomic E-state index is -0.612. The van der Waals surface area contributed by atoms with Gasteiger partial charge in [-0.2, -0.15) is 0 Å². The van der Waals surface area contributed by atoms with Gasteiger partial charge in [-0.05, 0) is 30.4 Å². The number of ether oxygens (including phenoxy) is 1. The summed E-state index contributed by atoms with van der Waals surface area (Å²) in [7, 11) is 1.25. The smallest absolute Gasteiger partial charge is 0.374 e. The summed E-state index contributed by atoms with van der Waals surface area (Å²) in [5, 5.41) is 9.31. The third kappa shape index (κ3) is 2.95. The summed E-state index contributed by atoms with van der Waals surface area (Å²) in [6, 6.07) is 7.56. The van der Waals surface area contributed by atoms with E-state index in [9.17, 15) is 14.7 Å². The van der Waals surface area contributed by atoms with E-state index < -0.39 is 5.97 Å². The lowest BCUT2D eigenvalue weighted by molar-refractivity contribution is 0.0564. The first kappa shape index (κ1) is 13.6. The molecular formula is C15H12O5. The van der Waals surface area contributed by atoms with E-state index in [1.807, 2.05) is 0 Å². The van der Waals surface area contributed by atoms with Gasteiger partial charge in [-0.15, -0.1) is 0 Å². The first-order valence-corrected chi connectivity index (χ1v) is 5.79. The van der Waals surface area contributed by atoms with Gasteiger partial charge in [0, 0.05) is 11.1 Å². The van der Waals surface area contributed by atoms with Gasteiger partial charge in [0.2, 0.25) is 5.76 Å². The van der Waals surface area contributed by atoms with Crippen molar-refractivity contribution in [2.45, 2.75) is 0 Å². The van der Waals surface area contributed by atoms with Crippen molar-refractivity contribution >= 4 is 17.8 Å². The fourth-order valence-electron chi connectivity index (χ4n) is 1.63. The Morgan fingerprint density at radius 1 is 1.30 bits per heavy atom. The molecule has 5 nitrogen and oxygen atoms in total. The van der Waals surface area contributed by atoms with E-state index in [0.29, 0.717) is 11.1 Å². The molecule has 5 heteroatoms. The molecule has 0 aliphatic heterocycles. The van der Waals surface area contributed by atoms with Crippen LogP contribution in [0.5, 0.6) is 5.75 Å². The number of rotatable bonds is 4. The molecule has 0 fully saturated rings. The Bertz CT molecular complexity index is 666. The summed E-state index contributed by atoms with van der Waals surface area (Å²) in [5.74, 6) is -0.854. The number of hydrogen-bond donors (Lipinski definition) is 1. The molecular weight excluding hydrogens is 260 g/mol. The molecule has 20 heavy (non-hydrogen) atoms. The summed E-state index contributed by atoms with van der Waals surface area (Å²) >= 11 is 0. The molecule has 1 heterocycles. The first-order valence-electron chi connectivity index (χ1n) is 5.79. The summed E-state index contributed by atoms with van der Waals surface area (Å²) in [4.78, 5) is 23.3. The zero-order chi connectivity index (χ0) is 14.5. The van der Waals surface area contributed by atoms with E-state index in [-0.39, 0.29) is 17.3 Å². The number of methoxy groups -OCH3 is 1. The molecule has 0 saturated heterocycles. The van der Waals surface area contributed by atoms with Crippen LogP contribution in [0, 0.1) is 0 Å². The number of ketones is 1. The van der Waals surface area contributed by atoms with Crippen LogP contribution in [0.3, 0.4) is 0 Å². The Morgan fingerprint density at radius 3 is 2.80 bits per heavy atom. The monoisotopic (exact) mass is 272 g/mol. The molecule has 102 valence electrons. The molecule has 0 bridgehead atoms. The molecule has 0 aliphatic rings. The lowest BCUT2D eigenvalue weighted by Gasteiger charge is -1.97. The molecule has 0 radical (unpaired) electrons. The summed E-state index contributed by atoms with van der Waals surface area (Å²) in [6.07, 6.45) is 4.10. The molecule has 0 spiro atoms. The van der Waals surface area contributed by atoms with Crippen molar-refractivity contribution in [3.8, 4) is 5.75 Å². The van der Waals surface area contributed by atoms with E-state index in [1.165, 1.54) is 37.7 Å². The highest BCUT2D eigenvalue weighted by Crippen LogP contribution is 2.16. The average molecular weight is 272 g/mol. The minimum absolute atomic E-state index is 0.0165. The lowest BCUT2D eigenvalue weighted by Crippen LogP contribution is -2.01. The molecule has 1 aromatic carbocycles. The number of phenolic OH excluding ortho intramolecular Hbond substituents is 1. The van der Waals surface area contributed by atoms with Crippen LogP contribution in [0.4, 0.5) is 0 Å². The van der Waals surface area contributed by atoms with Crippen LogP contribution in [-0.4, -0.2) is 24.0 Å². The number of benzene rings is 1. The van der Waals surface area contributed by atoms with Gasteiger partial charge in [-0.3, -0.25) is 4.79 Å². The van der Waals surface area contributed by atoms with Crippen LogP contribution in [-0.2, 0) is 4.74 Å². The van der Waals surface area contributed by atoms with Crippen LogP contribution in [0.1, 0.15) is 26.5 Å². The Morgan fingerprint density at radius 2 is 2.10 bits per heavy atom. The van der Waals surface area contributed by atoms with E-state index in [1.54, 1.807) is 18.2 Å². The molecule has 0 atom stereocenters. The molecule has 1 N–H and O–H groups in total. The van der Waals surface area contributed by atoms with Gasteiger partial charge in [-0.1, -0.05) is 12.1 Å². The Kier molecular flexibility index (Phi) is 4.00. The summed E-state index contributed by atoms with van der Waals surface area (Å²) < 4.78 is 9.56. The second-order valence-corrected chi connectivity index (χ2v) is 3.94. The maximum Gasteiger partial charge on any atom is 0.374 e. The van der Waals surface area contributed by atoms with Gasteiger partial charge in [0.1, 0.15) is 5.75 Å². The standard InChI is InChI=1S/C15H12O5/c1-19-15(18)14-10(7-8-20-14)5-6-13(17)11-3-2-4-12(16)9-11/h2-9,16H,1H3/b6-5+. The van der Waals surface area contributed by atoms with Crippen molar-refractivity contribution in [2.24, 2.45) is 0 Å². The van der Waals surface area contributed by atoms with Gasteiger partial charge < -0.3 is 14.3 Å². The number of furan rings is 1. The fourth-order valence-corrected chi connectivity index (χ4v) is 1.63. The third-order valence-corrected chi connectivity index (χ3v) is 2.61. The van der Waals surface area contributed by atoms with Crippen molar-refractivity contribution in [1.29, 1.82) is 0 Å². The predicted molar refractivity (Wildman–Crippen MR) is 71.5 cm³/mol. The highest BCUT2D eigenvalue weighted by molar-refractivity contribution is 6.07. The summed E-state index contributed by atoms with van der Waals surface area (Å²) in [5.41, 5.74) is 0.801. The van der Waals surface area contributed by atoms with Crippen molar-refractivity contribution in [3.63, 3.8) is 0 Å². The van der Waals surface area contributed by atoms with Crippen molar-refractivity contribution in [2.75, 3.05) is 7.11 Å². The lowest BCUT2D eigenvalue weighted by atomic mass is 10.1. The van der Waals surface area contributed by atoms with Crippen molar-refractivity contribution < 1.29 is 23.8 Å².